The maximum absolute atomic E-state index is 13.5. The maximum Gasteiger partial charge on any atom is 0.335 e. The van der Waals surface area contributed by atoms with Gasteiger partial charge in [0.05, 0.1) is 10.0 Å². The van der Waals surface area contributed by atoms with Crippen molar-refractivity contribution in [2.24, 2.45) is 0 Å². The number of carboxylic acids is 1. The molecule has 2 rings (SSSR count). The van der Waals surface area contributed by atoms with Crippen molar-refractivity contribution in [3.63, 3.8) is 0 Å². The molecule has 0 amide bonds. The van der Waals surface area contributed by atoms with Gasteiger partial charge in [0.25, 0.3) is 0 Å². The van der Waals surface area contributed by atoms with Crippen molar-refractivity contribution < 1.29 is 23.4 Å². The summed E-state index contributed by atoms with van der Waals surface area (Å²) in [6.07, 6.45) is 0. The highest BCUT2D eigenvalue weighted by atomic mass is 79.9. The SMILES string of the molecule is O=C(O)c1ccc(COc2c(F)cc(F)cc2Br)cc1. The minimum atomic E-state index is -1.02. The van der Waals surface area contributed by atoms with Gasteiger partial charge in [0, 0.05) is 6.07 Å². The van der Waals surface area contributed by atoms with Gasteiger partial charge in [-0.1, -0.05) is 12.1 Å². The lowest BCUT2D eigenvalue weighted by Gasteiger charge is -2.09. The molecule has 1 N–H and O–H groups in total. The Kier molecular flexibility index (Phi) is 4.34. The summed E-state index contributed by atoms with van der Waals surface area (Å²) in [7, 11) is 0. The second-order valence-corrected chi connectivity index (χ2v) is 4.84. The number of hydrogen-bond donors (Lipinski definition) is 1. The Labute approximate surface area is 121 Å². The molecule has 0 atom stereocenters. The van der Waals surface area contributed by atoms with Crippen LogP contribution in [0.1, 0.15) is 15.9 Å². The van der Waals surface area contributed by atoms with Gasteiger partial charge in [-0.25, -0.2) is 13.6 Å². The fraction of sp³-hybridized carbons (Fsp3) is 0.0714. The van der Waals surface area contributed by atoms with Gasteiger partial charge in [0.15, 0.2) is 11.6 Å². The van der Waals surface area contributed by atoms with E-state index in [1.807, 2.05) is 0 Å². The minimum Gasteiger partial charge on any atom is -0.485 e. The van der Waals surface area contributed by atoms with Crippen molar-refractivity contribution >= 4 is 21.9 Å². The van der Waals surface area contributed by atoms with E-state index in [1.165, 1.54) is 12.1 Å². The van der Waals surface area contributed by atoms with Crippen molar-refractivity contribution in [3.05, 3.63) is 63.6 Å². The number of aromatic carboxylic acids is 1. The molecule has 20 heavy (non-hydrogen) atoms. The Hall–Kier alpha value is -1.95. The van der Waals surface area contributed by atoms with E-state index in [1.54, 1.807) is 12.1 Å². The zero-order valence-electron chi connectivity index (χ0n) is 10.1. The fourth-order valence-electron chi connectivity index (χ4n) is 1.57. The highest BCUT2D eigenvalue weighted by Gasteiger charge is 2.11. The number of hydrogen-bond acceptors (Lipinski definition) is 2. The first-order valence-corrected chi connectivity index (χ1v) is 6.36. The van der Waals surface area contributed by atoms with Gasteiger partial charge in [-0.3, -0.25) is 0 Å². The first-order valence-electron chi connectivity index (χ1n) is 5.57. The van der Waals surface area contributed by atoms with Crippen LogP contribution in [0.2, 0.25) is 0 Å². The summed E-state index contributed by atoms with van der Waals surface area (Å²) in [6.45, 7) is 0.0427. The van der Waals surface area contributed by atoms with Crippen molar-refractivity contribution in [3.8, 4) is 5.75 Å². The Morgan fingerprint density at radius 2 is 1.85 bits per heavy atom. The average molecular weight is 343 g/mol. The lowest BCUT2D eigenvalue weighted by Crippen LogP contribution is -2.00. The number of benzene rings is 2. The van der Waals surface area contributed by atoms with E-state index in [-0.39, 0.29) is 22.4 Å². The molecule has 0 fully saturated rings. The van der Waals surface area contributed by atoms with E-state index in [4.69, 9.17) is 9.84 Å². The Bertz CT molecular complexity index is 618. The first kappa shape index (κ1) is 14.5. The third kappa shape index (κ3) is 3.33. The monoisotopic (exact) mass is 342 g/mol. The normalized spacial score (nSPS) is 10.3. The van der Waals surface area contributed by atoms with Gasteiger partial charge < -0.3 is 9.84 Å². The van der Waals surface area contributed by atoms with E-state index < -0.39 is 17.6 Å². The number of carbonyl (C=O) groups is 1. The lowest BCUT2D eigenvalue weighted by molar-refractivity contribution is 0.0697. The third-order valence-electron chi connectivity index (χ3n) is 2.55. The van der Waals surface area contributed by atoms with Crippen LogP contribution in [-0.2, 0) is 6.61 Å². The van der Waals surface area contributed by atoms with Crippen LogP contribution in [0.5, 0.6) is 5.75 Å². The number of halogens is 3. The van der Waals surface area contributed by atoms with E-state index in [0.717, 1.165) is 12.1 Å². The molecule has 6 heteroatoms. The van der Waals surface area contributed by atoms with Gasteiger partial charge in [-0.15, -0.1) is 0 Å². The molecule has 0 aliphatic heterocycles. The Morgan fingerprint density at radius 1 is 1.20 bits per heavy atom. The molecule has 0 spiro atoms. The van der Waals surface area contributed by atoms with E-state index in [9.17, 15) is 13.6 Å². The highest BCUT2D eigenvalue weighted by Crippen LogP contribution is 2.29. The topological polar surface area (TPSA) is 46.5 Å². The fourth-order valence-corrected chi connectivity index (χ4v) is 2.09. The molecule has 104 valence electrons. The quantitative estimate of drug-likeness (QED) is 0.913. The van der Waals surface area contributed by atoms with Crippen LogP contribution in [0.3, 0.4) is 0 Å². The Balaban J connectivity index is 2.11. The average Bonchev–Trinajstić information content (AvgIpc) is 2.38. The molecule has 0 bridgehead atoms. The van der Waals surface area contributed by atoms with Crippen molar-refractivity contribution in [2.45, 2.75) is 6.61 Å². The summed E-state index contributed by atoms with van der Waals surface area (Å²) in [6, 6.07) is 7.82. The molecular weight excluding hydrogens is 334 g/mol. The van der Waals surface area contributed by atoms with E-state index in [0.29, 0.717) is 5.56 Å². The van der Waals surface area contributed by atoms with Gasteiger partial charge in [0.2, 0.25) is 0 Å². The van der Waals surface area contributed by atoms with Crippen LogP contribution in [-0.4, -0.2) is 11.1 Å². The summed E-state index contributed by atoms with van der Waals surface area (Å²) < 4.78 is 31.9. The van der Waals surface area contributed by atoms with E-state index >= 15 is 0 Å². The van der Waals surface area contributed by atoms with E-state index in [2.05, 4.69) is 15.9 Å². The van der Waals surface area contributed by atoms with Crippen LogP contribution in [0.4, 0.5) is 8.78 Å². The highest BCUT2D eigenvalue weighted by molar-refractivity contribution is 9.10. The molecule has 0 radical (unpaired) electrons. The standard InChI is InChI=1S/C14H9BrF2O3/c15-11-5-10(16)6-12(17)13(11)20-7-8-1-3-9(4-2-8)14(18)19/h1-6H,7H2,(H,18,19). The molecule has 0 saturated carbocycles. The first-order chi connectivity index (χ1) is 9.47. The predicted octanol–water partition coefficient (Wildman–Crippen LogP) is 4.00. The number of ether oxygens (including phenoxy) is 1. The Morgan fingerprint density at radius 3 is 2.40 bits per heavy atom. The molecule has 0 aliphatic rings. The van der Waals surface area contributed by atoms with Crippen molar-refractivity contribution in [1.82, 2.24) is 0 Å². The van der Waals surface area contributed by atoms with Crippen LogP contribution in [0.25, 0.3) is 0 Å². The summed E-state index contributed by atoms with van der Waals surface area (Å²) in [5, 5.41) is 8.76. The zero-order chi connectivity index (χ0) is 14.7. The largest absolute Gasteiger partial charge is 0.485 e. The number of carboxylic acid groups (broad SMARTS) is 1. The van der Waals surface area contributed by atoms with Crippen molar-refractivity contribution in [2.75, 3.05) is 0 Å². The molecule has 3 nitrogen and oxygen atoms in total. The minimum absolute atomic E-state index is 0.0427. The molecule has 2 aromatic carbocycles. The lowest BCUT2D eigenvalue weighted by atomic mass is 10.1. The predicted molar refractivity (Wildman–Crippen MR) is 71.8 cm³/mol. The maximum atomic E-state index is 13.5. The molecule has 0 aliphatic carbocycles. The molecule has 0 heterocycles. The van der Waals surface area contributed by atoms with Crippen LogP contribution in [0, 0.1) is 11.6 Å². The van der Waals surface area contributed by atoms with Crippen LogP contribution >= 0.6 is 15.9 Å². The zero-order valence-corrected chi connectivity index (χ0v) is 11.7. The molecule has 0 saturated heterocycles. The van der Waals surface area contributed by atoms with Gasteiger partial charge in [-0.2, -0.15) is 0 Å². The molecule has 0 unspecified atom stereocenters. The van der Waals surface area contributed by atoms with Crippen LogP contribution < -0.4 is 4.74 Å². The summed E-state index contributed by atoms with van der Waals surface area (Å²) in [4.78, 5) is 10.7. The molecule has 0 aromatic heterocycles. The molecule has 2 aromatic rings. The summed E-state index contributed by atoms with van der Waals surface area (Å²) in [5.41, 5.74) is 0.827. The second kappa shape index (κ2) is 6.00. The van der Waals surface area contributed by atoms with Crippen molar-refractivity contribution in [1.29, 1.82) is 0 Å². The van der Waals surface area contributed by atoms with Gasteiger partial charge in [0.1, 0.15) is 12.4 Å². The van der Waals surface area contributed by atoms with Crippen LogP contribution in [0.15, 0.2) is 40.9 Å². The summed E-state index contributed by atoms with van der Waals surface area (Å²) in [5.74, 6) is -2.62. The summed E-state index contributed by atoms with van der Waals surface area (Å²) >= 11 is 3.02. The van der Waals surface area contributed by atoms with Gasteiger partial charge >= 0.3 is 5.97 Å². The smallest absolute Gasteiger partial charge is 0.335 e. The molecular formula is C14H9BrF2O3. The van der Waals surface area contributed by atoms with Gasteiger partial charge in [-0.05, 0) is 39.7 Å². The third-order valence-corrected chi connectivity index (χ3v) is 3.14. The second-order valence-electron chi connectivity index (χ2n) is 3.99. The number of rotatable bonds is 4.